The maximum atomic E-state index is 5.61. The summed E-state index contributed by atoms with van der Waals surface area (Å²) in [4.78, 5) is 2.78. The van der Waals surface area contributed by atoms with Crippen molar-refractivity contribution in [3.05, 3.63) is 0 Å². The highest BCUT2D eigenvalue weighted by Gasteiger charge is 2.44. The van der Waals surface area contributed by atoms with E-state index in [-0.39, 0.29) is 0 Å². The molecule has 3 nitrogen and oxygen atoms in total. The Kier molecular flexibility index (Phi) is 4.16. The second-order valence-corrected chi connectivity index (χ2v) is 7.12. The maximum absolute atomic E-state index is 5.61. The topological polar surface area (TPSA) is 24.5 Å². The van der Waals surface area contributed by atoms with Crippen molar-refractivity contribution in [3.8, 4) is 0 Å². The average molecular weight is 266 g/mol. The van der Waals surface area contributed by atoms with Gasteiger partial charge in [-0.05, 0) is 70.9 Å². The Morgan fingerprint density at radius 3 is 2.74 bits per heavy atom. The van der Waals surface area contributed by atoms with Crippen molar-refractivity contribution >= 4 is 0 Å². The predicted octanol–water partition coefficient (Wildman–Crippen LogP) is 2.41. The fourth-order valence-electron chi connectivity index (χ4n) is 4.18. The standard InChI is InChI=1S/C16H30N2O/c1-16(13-7-8-13)12-18(10-4-9-17-16)14-5-3-6-15(11-14)19-2/h13-15,17H,3-12H2,1-2H3. The monoisotopic (exact) mass is 266 g/mol. The predicted molar refractivity (Wildman–Crippen MR) is 78.4 cm³/mol. The van der Waals surface area contributed by atoms with Crippen LogP contribution in [0.3, 0.4) is 0 Å². The number of nitrogens with zero attached hydrogens (tertiary/aromatic N) is 1. The van der Waals surface area contributed by atoms with E-state index in [0.29, 0.717) is 11.6 Å². The summed E-state index contributed by atoms with van der Waals surface area (Å²) in [6.45, 7) is 6.18. The molecule has 3 rings (SSSR count). The Hall–Kier alpha value is -0.120. The molecule has 0 aromatic rings. The van der Waals surface area contributed by atoms with Crippen molar-refractivity contribution in [1.82, 2.24) is 10.2 Å². The van der Waals surface area contributed by atoms with Crippen molar-refractivity contribution in [1.29, 1.82) is 0 Å². The van der Waals surface area contributed by atoms with E-state index in [2.05, 4.69) is 17.1 Å². The minimum absolute atomic E-state index is 0.372. The van der Waals surface area contributed by atoms with Crippen molar-refractivity contribution in [2.45, 2.75) is 69.6 Å². The van der Waals surface area contributed by atoms with Crippen LogP contribution in [0.2, 0.25) is 0 Å². The first-order valence-corrected chi connectivity index (χ1v) is 8.23. The van der Waals surface area contributed by atoms with E-state index in [9.17, 15) is 0 Å². The molecule has 0 aromatic heterocycles. The summed E-state index contributed by atoms with van der Waals surface area (Å²) < 4.78 is 5.61. The van der Waals surface area contributed by atoms with E-state index < -0.39 is 0 Å². The van der Waals surface area contributed by atoms with Gasteiger partial charge in [-0.1, -0.05) is 0 Å². The van der Waals surface area contributed by atoms with Crippen molar-refractivity contribution in [2.75, 3.05) is 26.7 Å². The first-order chi connectivity index (χ1) is 9.21. The molecule has 1 N–H and O–H groups in total. The first kappa shape index (κ1) is 13.8. The molecule has 0 amide bonds. The Labute approximate surface area is 118 Å². The summed E-state index contributed by atoms with van der Waals surface area (Å²) in [6.07, 6.45) is 9.90. The van der Waals surface area contributed by atoms with Crippen molar-refractivity contribution in [3.63, 3.8) is 0 Å². The van der Waals surface area contributed by atoms with Gasteiger partial charge in [-0.2, -0.15) is 0 Å². The van der Waals surface area contributed by atoms with E-state index in [4.69, 9.17) is 4.74 Å². The molecule has 0 bridgehead atoms. The zero-order chi connectivity index (χ0) is 13.3. The highest BCUT2D eigenvalue weighted by atomic mass is 16.5. The smallest absolute Gasteiger partial charge is 0.0586 e. The minimum Gasteiger partial charge on any atom is -0.381 e. The van der Waals surface area contributed by atoms with Crippen LogP contribution in [-0.2, 0) is 4.74 Å². The molecule has 1 heterocycles. The molecule has 3 aliphatic rings. The largest absolute Gasteiger partial charge is 0.381 e. The minimum atomic E-state index is 0.372. The molecule has 2 saturated carbocycles. The van der Waals surface area contributed by atoms with Crippen LogP contribution in [0, 0.1) is 5.92 Å². The first-order valence-electron chi connectivity index (χ1n) is 8.23. The van der Waals surface area contributed by atoms with E-state index in [1.807, 2.05) is 7.11 Å². The molecule has 19 heavy (non-hydrogen) atoms. The highest BCUT2D eigenvalue weighted by molar-refractivity contribution is 5.02. The van der Waals surface area contributed by atoms with Crippen LogP contribution < -0.4 is 5.32 Å². The summed E-state index contributed by atoms with van der Waals surface area (Å²) in [5.41, 5.74) is 0.372. The number of ether oxygens (including phenoxy) is 1. The fraction of sp³-hybridized carbons (Fsp3) is 1.00. The van der Waals surface area contributed by atoms with Gasteiger partial charge in [0.1, 0.15) is 0 Å². The van der Waals surface area contributed by atoms with Gasteiger partial charge < -0.3 is 10.1 Å². The number of methoxy groups -OCH3 is 1. The molecule has 110 valence electrons. The number of nitrogens with one attached hydrogen (secondary N) is 1. The third-order valence-corrected chi connectivity index (χ3v) is 5.61. The van der Waals surface area contributed by atoms with Gasteiger partial charge in [-0.25, -0.2) is 0 Å². The van der Waals surface area contributed by atoms with E-state index in [1.54, 1.807) is 0 Å². The van der Waals surface area contributed by atoms with Gasteiger partial charge in [-0.15, -0.1) is 0 Å². The Bertz CT molecular complexity index is 305. The third-order valence-electron chi connectivity index (χ3n) is 5.61. The lowest BCUT2D eigenvalue weighted by molar-refractivity contribution is 0.0223. The van der Waals surface area contributed by atoms with Crippen LogP contribution in [0.25, 0.3) is 0 Å². The van der Waals surface area contributed by atoms with E-state index in [1.165, 1.54) is 64.6 Å². The Balaban J connectivity index is 1.65. The molecule has 3 unspecified atom stereocenters. The van der Waals surface area contributed by atoms with Crippen LogP contribution >= 0.6 is 0 Å². The highest BCUT2D eigenvalue weighted by Crippen LogP contribution is 2.41. The number of hydrogen-bond donors (Lipinski definition) is 1. The molecule has 2 aliphatic carbocycles. The van der Waals surface area contributed by atoms with Crippen LogP contribution in [-0.4, -0.2) is 49.3 Å². The zero-order valence-corrected chi connectivity index (χ0v) is 12.7. The normalized spacial score (nSPS) is 42.0. The Morgan fingerprint density at radius 2 is 2.00 bits per heavy atom. The summed E-state index contributed by atoms with van der Waals surface area (Å²) in [6, 6.07) is 0.761. The molecule has 3 heteroatoms. The average Bonchev–Trinajstić information content (AvgIpc) is 3.26. The molecular formula is C16H30N2O. The number of rotatable bonds is 3. The van der Waals surface area contributed by atoms with Crippen molar-refractivity contribution < 1.29 is 4.74 Å². The zero-order valence-electron chi connectivity index (χ0n) is 12.7. The quantitative estimate of drug-likeness (QED) is 0.849. The van der Waals surface area contributed by atoms with Crippen LogP contribution in [0.5, 0.6) is 0 Å². The fourth-order valence-corrected chi connectivity index (χ4v) is 4.18. The molecule has 3 atom stereocenters. The lowest BCUT2D eigenvalue weighted by Gasteiger charge is -2.41. The van der Waals surface area contributed by atoms with Gasteiger partial charge in [0.25, 0.3) is 0 Å². The molecule has 0 aromatic carbocycles. The van der Waals surface area contributed by atoms with Gasteiger partial charge >= 0.3 is 0 Å². The van der Waals surface area contributed by atoms with Crippen molar-refractivity contribution in [2.24, 2.45) is 5.92 Å². The maximum Gasteiger partial charge on any atom is 0.0586 e. The molecule has 0 radical (unpaired) electrons. The van der Waals surface area contributed by atoms with E-state index >= 15 is 0 Å². The molecule has 1 saturated heterocycles. The molecule has 0 spiro atoms. The number of hydrogen-bond acceptors (Lipinski definition) is 3. The lowest BCUT2D eigenvalue weighted by Crippen LogP contribution is -2.53. The Morgan fingerprint density at radius 1 is 1.16 bits per heavy atom. The third kappa shape index (κ3) is 3.14. The van der Waals surface area contributed by atoms with Gasteiger partial charge in [0.2, 0.25) is 0 Å². The van der Waals surface area contributed by atoms with Crippen LogP contribution in [0.1, 0.15) is 51.9 Å². The van der Waals surface area contributed by atoms with Crippen LogP contribution in [0.15, 0.2) is 0 Å². The summed E-state index contributed by atoms with van der Waals surface area (Å²) >= 11 is 0. The lowest BCUT2D eigenvalue weighted by atomic mass is 9.89. The van der Waals surface area contributed by atoms with Gasteiger partial charge in [0, 0.05) is 25.2 Å². The van der Waals surface area contributed by atoms with Crippen LogP contribution in [0.4, 0.5) is 0 Å². The molecular weight excluding hydrogens is 236 g/mol. The summed E-state index contributed by atoms with van der Waals surface area (Å²) in [5.74, 6) is 0.926. The van der Waals surface area contributed by atoms with Gasteiger partial charge in [0.15, 0.2) is 0 Å². The molecule has 1 aliphatic heterocycles. The summed E-state index contributed by atoms with van der Waals surface area (Å²) in [5, 5.41) is 3.84. The second kappa shape index (κ2) is 5.71. The van der Waals surface area contributed by atoms with Gasteiger partial charge in [-0.3, -0.25) is 4.90 Å². The second-order valence-electron chi connectivity index (χ2n) is 7.12. The van der Waals surface area contributed by atoms with E-state index in [0.717, 1.165) is 12.0 Å². The SMILES string of the molecule is COC1CCCC(N2CCCNC(C)(C3CC3)C2)C1. The molecule has 3 fully saturated rings. The summed E-state index contributed by atoms with van der Waals surface area (Å²) in [7, 11) is 1.88. The van der Waals surface area contributed by atoms with Gasteiger partial charge in [0.05, 0.1) is 6.10 Å².